The minimum atomic E-state index is -0.336. The maximum Gasteiger partial charge on any atom is 0.0981 e. The van der Waals surface area contributed by atoms with Gasteiger partial charge in [-0.05, 0) is 37.8 Å². The summed E-state index contributed by atoms with van der Waals surface area (Å²) in [5, 5.41) is 14.8. The molecule has 11 heavy (non-hydrogen) atoms. The summed E-state index contributed by atoms with van der Waals surface area (Å²) in [4.78, 5) is 0. The van der Waals surface area contributed by atoms with Crippen LogP contribution in [0.1, 0.15) is 26.7 Å². The molecule has 65 valence electrons. The van der Waals surface area contributed by atoms with Crippen LogP contribution in [0, 0.1) is 11.8 Å². The van der Waals surface area contributed by atoms with Gasteiger partial charge in [-0.3, -0.25) is 0 Å². The van der Waals surface area contributed by atoms with Gasteiger partial charge in [0.2, 0.25) is 0 Å². The zero-order valence-electron chi connectivity index (χ0n) is 7.47. The Kier molecular flexibility index (Phi) is 3.34. The lowest BCUT2D eigenvalue weighted by Crippen LogP contribution is -2.35. The smallest absolute Gasteiger partial charge is 0.0981 e. The van der Waals surface area contributed by atoms with Gasteiger partial charge in [0.15, 0.2) is 0 Å². The van der Waals surface area contributed by atoms with Crippen molar-refractivity contribution in [1.82, 2.24) is 5.32 Å². The molecule has 2 nitrogen and oxygen atoms in total. The van der Waals surface area contributed by atoms with E-state index in [2.05, 4.69) is 5.32 Å². The van der Waals surface area contributed by atoms with Crippen LogP contribution in [0.4, 0.5) is 0 Å². The van der Waals surface area contributed by atoms with Crippen LogP contribution in [0.25, 0.3) is 0 Å². The van der Waals surface area contributed by atoms with Gasteiger partial charge in [-0.25, -0.2) is 5.11 Å². The summed E-state index contributed by atoms with van der Waals surface area (Å²) < 4.78 is 0. The summed E-state index contributed by atoms with van der Waals surface area (Å²) in [5.41, 5.74) is 0. The Morgan fingerprint density at radius 2 is 1.82 bits per heavy atom. The van der Waals surface area contributed by atoms with Crippen molar-refractivity contribution in [2.75, 3.05) is 13.1 Å². The van der Waals surface area contributed by atoms with Gasteiger partial charge in [-0.1, -0.05) is 13.8 Å². The fourth-order valence-corrected chi connectivity index (χ4v) is 1.72. The highest BCUT2D eigenvalue weighted by atomic mass is 16.3. The molecule has 2 heteroatoms. The van der Waals surface area contributed by atoms with Crippen LogP contribution in [0.3, 0.4) is 0 Å². The van der Waals surface area contributed by atoms with Crippen molar-refractivity contribution >= 4 is 0 Å². The van der Waals surface area contributed by atoms with E-state index in [1.807, 2.05) is 13.8 Å². The van der Waals surface area contributed by atoms with Crippen LogP contribution in [0.2, 0.25) is 0 Å². The van der Waals surface area contributed by atoms with E-state index in [1.165, 1.54) is 0 Å². The van der Waals surface area contributed by atoms with Crippen molar-refractivity contribution in [2.45, 2.75) is 32.8 Å². The zero-order chi connectivity index (χ0) is 8.27. The van der Waals surface area contributed by atoms with Crippen molar-refractivity contribution < 1.29 is 5.11 Å². The van der Waals surface area contributed by atoms with E-state index in [1.54, 1.807) is 0 Å². The monoisotopic (exact) mass is 156 g/mol. The Bertz CT molecular complexity index is 108. The molecule has 0 aromatic heterocycles. The Labute approximate surface area is 69.0 Å². The normalized spacial score (nSPS) is 24.0. The Hall–Kier alpha value is -0.0800. The second kappa shape index (κ2) is 4.07. The van der Waals surface area contributed by atoms with E-state index in [4.69, 9.17) is 0 Å². The van der Waals surface area contributed by atoms with Gasteiger partial charge < -0.3 is 5.32 Å². The Morgan fingerprint density at radius 1 is 1.27 bits per heavy atom. The Morgan fingerprint density at radius 3 is 2.27 bits per heavy atom. The molecule has 0 aliphatic carbocycles. The molecule has 1 heterocycles. The molecule has 0 spiro atoms. The molecular formula is C9H18NO. The first-order valence-electron chi connectivity index (χ1n) is 4.58. The molecule has 1 fully saturated rings. The van der Waals surface area contributed by atoms with E-state index in [-0.39, 0.29) is 6.10 Å². The third kappa shape index (κ3) is 2.46. The van der Waals surface area contributed by atoms with Crippen LogP contribution in [-0.4, -0.2) is 19.2 Å². The molecule has 1 radical (unpaired) electrons. The molecule has 0 saturated carbocycles. The summed E-state index contributed by atoms with van der Waals surface area (Å²) in [6.07, 6.45) is 1.82. The number of rotatable bonds is 2. The molecule has 1 rings (SSSR count). The highest BCUT2D eigenvalue weighted by Crippen LogP contribution is 2.21. The second-order valence-corrected chi connectivity index (χ2v) is 3.80. The summed E-state index contributed by atoms with van der Waals surface area (Å²) in [6.45, 7) is 6.13. The van der Waals surface area contributed by atoms with Gasteiger partial charge in [0.05, 0.1) is 6.10 Å². The quantitative estimate of drug-likeness (QED) is 0.644. The lowest BCUT2D eigenvalue weighted by atomic mass is 9.86. The van der Waals surface area contributed by atoms with Gasteiger partial charge in [-0.2, -0.15) is 0 Å². The highest BCUT2D eigenvalue weighted by molar-refractivity contribution is 4.76. The molecule has 1 atom stereocenters. The molecule has 0 amide bonds. The van der Waals surface area contributed by atoms with E-state index >= 15 is 0 Å². The number of hydrogen-bond donors (Lipinski definition) is 1. The van der Waals surface area contributed by atoms with Gasteiger partial charge >= 0.3 is 0 Å². The molecule has 1 N–H and O–H groups in total. The first-order chi connectivity index (χ1) is 5.22. The Balaban J connectivity index is 2.32. The average molecular weight is 156 g/mol. The third-order valence-electron chi connectivity index (χ3n) is 2.51. The van der Waals surface area contributed by atoms with Crippen molar-refractivity contribution in [3.63, 3.8) is 0 Å². The van der Waals surface area contributed by atoms with Crippen LogP contribution in [0.15, 0.2) is 0 Å². The topological polar surface area (TPSA) is 31.9 Å². The summed E-state index contributed by atoms with van der Waals surface area (Å²) >= 11 is 0. The lowest BCUT2D eigenvalue weighted by molar-refractivity contribution is -0.00959. The van der Waals surface area contributed by atoms with Crippen LogP contribution in [0.5, 0.6) is 0 Å². The van der Waals surface area contributed by atoms with E-state index < -0.39 is 0 Å². The zero-order valence-corrected chi connectivity index (χ0v) is 7.47. The molecule has 1 aliphatic heterocycles. The van der Waals surface area contributed by atoms with Crippen LogP contribution >= 0.6 is 0 Å². The minimum Gasteiger partial charge on any atom is -0.317 e. The molecule has 0 bridgehead atoms. The number of hydrogen-bond acceptors (Lipinski definition) is 1. The highest BCUT2D eigenvalue weighted by Gasteiger charge is 2.24. The molecule has 1 unspecified atom stereocenters. The van der Waals surface area contributed by atoms with Gasteiger partial charge in [0.1, 0.15) is 0 Å². The predicted molar refractivity (Wildman–Crippen MR) is 44.9 cm³/mol. The molecule has 0 aromatic rings. The van der Waals surface area contributed by atoms with Crippen LogP contribution in [-0.2, 0) is 5.11 Å². The van der Waals surface area contributed by atoms with Gasteiger partial charge in [0.25, 0.3) is 0 Å². The first kappa shape index (κ1) is 9.01. The molecule has 0 aromatic carbocycles. The number of piperidine rings is 1. The lowest BCUT2D eigenvalue weighted by Gasteiger charge is -2.27. The fourth-order valence-electron chi connectivity index (χ4n) is 1.72. The minimum absolute atomic E-state index is 0.304. The summed E-state index contributed by atoms with van der Waals surface area (Å²) in [6, 6.07) is 0. The SMILES string of the molecule is CC(C)C([O])C1CCNCC1. The average Bonchev–Trinajstić information content (AvgIpc) is 2.05. The van der Waals surface area contributed by atoms with E-state index in [0.717, 1.165) is 25.9 Å². The van der Waals surface area contributed by atoms with Gasteiger partial charge in [-0.15, -0.1) is 0 Å². The second-order valence-electron chi connectivity index (χ2n) is 3.80. The maximum atomic E-state index is 11.6. The molecular weight excluding hydrogens is 138 g/mol. The van der Waals surface area contributed by atoms with Gasteiger partial charge in [0, 0.05) is 0 Å². The van der Waals surface area contributed by atoms with Crippen molar-refractivity contribution in [3.8, 4) is 0 Å². The molecule has 1 saturated heterocycles. The van der Waals surface area contributed by atoms with E-state index in [9.17, 15) is 5.11 Å². The first-order valence-corrected chi connectivity index (χ1v) is 4.58. The summed E-state index contributed by atoms with van der Waals surface area (Å²) in [7, 11) is 0. The predicted octanol–water partition coefficient (Wildman–Crippen LogP) is 1.44. The molecule has 1 aliphatic rings. The maximum absolute atomic E-state index is 11.6. The fraction of sp³-hybridized carbons (Fsp3) is 1.00. The van der Waals surface area contributed by atoms with E-state index in [0.29, 0.717) is 11.8 Å². The van der Waals surface area contributed by atoms with Crippen molar-refractivity contribution in [1.29, 1.82) is 0 Å². The van der Waals surface area contributed by atoms with Crippen LogP contribution < -0.4 is 5.32 Å². The third-order valence-corrected chi connectivity index (χ3v) is 2.51. The summed E-state index contributed by atoms with van der Waals surface area (Å²) in [5.74, 6) is 0.731. The number of nitrogens with one attached hydrogen (secondary N) is 1. The largest absolute Gasteiger partial charge is 0.317 e. The standard InChI is InChI=1S/C9H18NO/c1-7(2)9(11)8-3-5-10-6-4-8/h7-10H,3-6H2,1-2H3. The van der Waals surface area contributed by atoms with Crippen molar-refractivity contribution in [3.05, 3.63) is 0 Å². The van der Waals surface area contributed by atoms with Crippen molar-refractivity contribution in [2.24, 2.45) is 11.8 Å².